The van der Waals surface area contributed by atoms with Crippen LogP contribution >= 0.6 is 0 Å². The molecule has 2 atom stereocenters. The van der Waals surface area contributed by atoms with Crippen molar-refractivity contribution in [3.05, 3.63) is 78.3 Å². The van der Waals surface area contributed by atoms with E-state index in [1.165, 1.54) is 23.3 Å². The Balaban J connectivity index is 1.59. The number of benzene rings is 2. The number of nitrogens with zero attached hydrogens (tertiary/aromatic N) is 5. The molecule has 3 aromatic rings. The molecule has 5 rings (SSSR count). The zero-order chi connectivity index (χ0) is 38.2. The SMILES string of the molecule is C=CN1C(=CC=Cc2n(CCC(CC)S(=O)(=O)O)c3cc(S(=O)ON4CCOCC4)ccc3[n+]2C)N(CC(F)(F)F)c2cc(C(F)(F)F)c(F)cc21. The van der Waals surface area contributed by atoms with E-state index >= 15 is 0 Å². The van der Waals surface area contributed by atoms with Gasteiger partial charge in [-0.05, 0) is 30.7 Å². The van der Waals surface area contributed by atoms with E-state index in [4.69, 9.17) is 9.02 Å². The van der Waals surface area contributed by atoms with Crippen molar-refractivity contribution in [1.29, 1.82) is 0 Å². The molecule has 0 bridgehead atoms. The molecule has 0 radical (unpaired) electrons. The Morgan fingerprint density at radius 2 is 1.81 bits per heavy atom. The highest BCUT2D eigenvalue weighted by Crippen LogP contribution is 2.47. The van der Waals surface area contributed by atoms with Gasteiger partial charge in [0.25, 0.3) is 15.9 Å². The van der Waals surface area contributed by atoms with Gasteiger partial charge in [-0.15, -0.1) is 0 Å². The summed E-state index contributed by atoms with van der Waals surface area (Å²) in [5, 5.41) is 0.378. The van der Waals surface area contributed by atoms with E-state index < -0.39 is 62.4 Å². The zero-order valence-electron chi connectivity index (χ0n) is 27.8. The average molecular weight is 783 g/mol. The van der Waals surface area contributed by atoms with Crippen molar-refractivity contribution < 1.29 is 61.5 Å². The lowest BCUT2D eigenvalue weighted by atomic mass is 10.1. The van der Waals surface area contributed by atoms with Gasteiger partial charge >= 0.3 is 12.4 Å². The Hall–Kier alpha value is -3.82. The second-order valence-electron chi connectivity index (χ2n) is 11.9. The Labute approximate surface area is 297 Å². The lowest BCUT2D eigenvalue weighted by molar-refractivity contribution is -0.647. The minimum absolute atomic E-state index is 0.0101. The molecule has 1 aromatic heterocycles. The van der Waals surface area contributed by atoms with Gasteiger partial charge in [0.15, 0.2) is 11.0 Å². The van der Waals surface area contributed by atoms with Gasteiger partial charge in [-0.3, -0.25) is 4.55 Å². The minimum Gasteiger partial charge on any atom is -0.379 e. The predicted octanol–water partition coefficient (Wildman–Crippen LogP) is 5.85. The summed E-state index contributed by atoms with van der Waals surface area (Å²) >= 11 is -1.95. The van der Waals surface area contributed by atoms with Crippen LogP contribution in [0.3, 0.4) is 0 Å². The Bertz CT molecular complexity index is 2030. The molecule has 11 nitrogen and oxygen atoms in total. The summed E-state index contributed by atoms with van der Waals surface area (Å²) in [6.07, 6.45) is -4.99. The third-order valence-electron chi connectivity index (χ3n) is 8.56. The lowest BCUT2D eigenvalue weighted by Gasteiger charge is -2.24. The molecule has 2 aliphatic heterocycles. The monoisotopic (exact) mass is 782 g/mol. The average Bonchev–Trinajstić information content (AvgIpc) is 3.48. The highest BCUT2D eigenvalue weighted by atomic mass is 32.2. The number of ether oxygens (including phenoxy) is 1. The maximum atomic E-state index is 14.6. The number of hydrogen-bond acceptors (Lipinski definition) is 8. The molecule has 2 aromatic carbocycles. The molecule has 1 fully saturated rings. The summed E-state index contributed by atoms with van der Waals surface area (Å²) in [4.78, 5) is 1.87. The fourth-order valence-corrected chi connectivity index (χ4v) is 7.69. The van der Waals surface area contributed by atoms with E-state index in [1.807, 2.05) is 0 Å². The van der Waals surface area contributed by atoms with Crippen LogP contribution in [0.4, 0.5) is 42.1 Å². The van der Waals surface area contributed by atoms with E-state index in [0.29, 0.717) is 60.2 Å². The molecule has 1 N–H and O–H groups in total. The third-order valence-corrected chi connectivity index (χ3v) is 11.0. The third kappa shape index (κ3) is 8.52. The van der Waals surface area contributed by atoms with Crippen molar-refractivity contribution in [2.24, 2.45) is 7.05 Å². The van der Waals surface area contributed by atoms with Gasteiger partial charge in [-0.1, -0.05) is 19.6 Å². The molecule has 52 heavy (non-hydrogen) atoms. The van der Waals surface area contributed by atoms with Crippen LogP contribution in [0.5, 0.6) is 0 Å². The molecule has 284 valence electrons. The number of alkyl halides is 6. The fraction of sp³-hybridized carbons (Fsp3) is 0.406. The number of rotatable bonds is 12. The number of hydrogen-bond donors (Lipinski definition) is 1. The smallest absolute Gasteiger partial charge is 0.379 e. The number of fused-ring (bicyclic) bond motifs is 2. The van der Waals surface area contributed by atoms with Crippen molar-refractivity contribution in [3.8, 4) is 0 Å². The number of morpholine rings is 1. The molecule has 2 aliphatic rings. The quantitative estimate of drug-likeness (QED) is 0.138. The first kappa shape index (κ1) is 39.4. The number of imidazole rings is 1. The molecule has 0 amide bonds. The van der Waals surface area contributed by atoms with Crippen molar-refractivity contribution in [1.82, 2.24) is 9.63 Å². The standard InChI is InChI=1S/C32H34F7N5O6S2/c1-4-22(52(46,47)48)11-12-43-26-17-21(51(45)50-41-13-15-49-16-14-41)9-10-25(26)40(3)29(43)7-6-8-30-42(5-2)28-19-24(33)23(32(37,38)39)18-27(28)44(30)20-31(34,35)36/h5-10,17-19,22H,2,4,11-16,20H2,1,3H3/p+1. The summed E-state index contributed by atoms with van der Waals surface area (Å²) in [5.41, 5.74) is -1.51. The summed E-state index contributed by atoms with van der Waals surface area (Å²) in [5.74, 6) is -1.58. The van der Waals surface area contributed by atoms with Gasteiger partial charge in [0, 0.05) is 43.9 Å². The van der Waals surface area contributed by atoms with Gasteiger partial charge in [-0.25, -0.2) is 17.7 Å². The van der Waals surface area contributed by atoms with Crippen LogP contribution in [0.15, 0.2) is 66.0 Å². The van der Waals surface area contributed by atoms with Crippen molar-refractivity contribution in [3.63, 3.8) is 0 Å². The van der Waals surface area contributed by atoms with Gasteiger partial charge in [0.2, 0.25) is 11.1 Å². The van der Waals surface area contributed by atoms with Gasteiger partial charge < -0.3 is 14.5 Å². The summed E-state index contributed by atoms with van der Waals surface area (Å²) < 4.78 is 158. The molecular formula is C32H35F7N5O6S2+. The number of anilines is 2. The Morgan fingerprint density at radius 3 is 2.40 bits per heavy atom. The van der Waals surface area contributed by atoms with Crippen LogP contribution in [0.25, 0.3) is 17.1 Å². The Morgan fingerprint density at radius 1 is 1.12 bits per heavy atom. The number of hydroxylamine groups is 2. The highest BCUT2D eigenvalue weighted by Gasteiger charge is 2.42. The molecule has 20 heteroatoms. The molecule has 2 unspecified atom stereocenters. The normalized spacial score (nSPS) is 18.2. The van der Waals surface area contributed by atoms with Crippen molar-refractivity contribution >= 4 is 49.7 Å². The van der Waals surface area contributed by atoms with E-state index in [2.05, 4.69) is 6.58 Å². The number of halogens is 7. The number of aryl methyl sites for hydroxylation is 2. The van der Waals surface area contributed by atoms with Crippen LogP contribution < -0.4 is 14.4 Å². The Kier molecular flexibility index (Phi) is 11.6. The topological polar surface area (TPSA) is 108 Å². The van der Waals surface area contributed by atoms with Crippen LogP contribution in [0, 0.1) is 5.82 Å². The van der Waals surface area contributed by atoms with Crippen LogP contribution in [0.2, 0.25) is 0 Å². The summed E-state index contributed by atoms with van der Waals surface area (Å²) in [6, 6.07) is 5.63. The van der Waals surface area contributed by atoms with Crippen molar-refractivity contribution in [2.75, 3.05) is 42.6 Å². The molecule has 0 spiro atoms. The fourth-order valence-electron chi connectivity index (χ4n) is 6.05. The summed E-state index contributed by atoms with van der Waals surface area (Å²) in [6.45, 7) is 5.02. The second-order valence-corrected chi connectivity index (χ2v) is 14.6. The van der Waals surface area contributed by atoms with E-state index in [0.717, 1.165) is 11.1 Å². The molecule has 0 aliphatic carbocycles. The molecule has 0 saturated carbocycles. The first-order valence-electron chi connectivity index (χ1n) is 15.8. The predicted molar refractivity (Wildman–Crippen MR) is 178 cm³/mol. The summed E-state index contributed by atoms with van der Waals surface area (Å²) in [7, 11) is -2.77. The minimum atomic E-state index is -5.18. The van der Waals surface area contributed by atoms with E-state index in [9.17, 15) is 47.9 Å². The van der Waals surface area contributed by atoms with Gasteiger partial charge in [0.05, 0.1) is 53.9 Å². The van der Waals surface area contributed by atoms with Crippen molar-refractivity contribution in [2.45, 2.75) is 48.8 Å². The molecule has 1 saturated heterocycles. The van der Waals surface area contributed by atoms with Crippen LogP contribution in [0.1, 0.15) is 31.2 Å². The van der Waals surface area contributed by atoms with E-state index in [1.54, 1.807) is 41.3 Å². The highest BCUT2D eigenvalue weighted by molar-refractivity contribution is 7.86. The largest absolute Gasteiger partial charge is 0.419 e. The molecule has 3 heterocycles. The second kappa shape index (κ2) is 15.3. The lowest BCUT2D eigenvalue weighted by Crippen LogP contribution is -2.36. The number of aromatic nitrogens is 2. The van der Waals surface area contributed by atoms with Gasteiger partial charge in [0.1, 0.15) is 18.2 Å². The number of allylic oxidation sites excluding steroid dienone is 2. The van der Waals surface area contributed by atoms with Gasteiger partial charge in [-0.2, -0.15) is 44.1 Å². The maximum absolute atomic E-state index is 14.6. The first-order valence-corrected chi connectivity index (χ1v) is 18.4. The molecular weight excluding hydrogens is 748 g/mol. The van der Waals surface area contributed by atoms with E-state index in [-0.39, 0.29) is 35.8 Å². The maximum Gasteiger partial charge on any atom is 0.419 e. The first-order chi connectivity index (χ1) is 24.3. The zero-order valence-corrected chi connectivity index (χ0v) is 29.5. The van der Waals surface area contributed by atoms with Crippen LogP contribution in [-0.4, -0.2) is 71.1 Å². The van der Waals surface area contributed by atoms with Crippen LogP contribution in [-0.2, 0) is 50.0 Å².